The molecule has 0 spiro atoms. The number of carbonyl (C=O) groups excluding carboxylic acids is 1. The Balaban J connectivity index is 1.61. The number of rotatable bonds is 7. The minimum atomic E-state index is -0.209. The van der Waals surface area contributed by atoms with Crippen molar-refractivity contribution >= 4 is 17.7 Å². The Kier molecular flexibility index (Phi) is 7.19. The summed E-state index contributed by atoms with van der Waals surface area (Å²) in [6.45, 7) is 4.38. The van der Waals surface area contributed by atoms with Crippen molar-refractivity contribution in [2.45, 2.75) is 38.0 Å². The van der Waals surface area contributed by atoms with Crippen LogP contribution in [-0.2, 0) is 15.3 Å². The van der Waals surface area contributed by atoms with Gasteiger partial charge < -0.3 is 9.64 Å². The third-order valence-electron chi connectivity index (χ3n) is 3.84. The summed E-state index contributed by atoms with van der Waals surface area (Å²) in [4.78, 5) is 14.1. The monoisotopic (exact) mass is 325 g/mol. The minimum absolute atomic E-state index is 0.209. The zero-order valence-corrected chi connectivity index (χ0v) is 13.9. The number of hydrogen-bond acceptors (Lipinski definition) is 3. The molecule has 1 aromatic rings. The van der Waals surface area contributed by atoms with Gasteiger partial charge in [-0.05, 0) is 37.5 Å². The number of benzene rings is 1. The van der Waals surface area contributed by atoms with Crippen LogP contribution in [0.2, 0.25) is 0 Å². The number of likely N-dealkylation sites (tertiary alicyclic amines) is 1. The lowest BCUT2D eigenvalue weighted by Crippen LogP contribution is -2.41. The number of nitrogens with zero attached hydrogens (tertiary/aromatic N) is 1. The summed E-state index contributed by atoms with van der Waals surface area (Å²) in [7, 11) is 0. The first-order chi connectivity index (χ1) is 10.7. The van der Waals surface area contributed by atoms with Crippen LogP contribution in [0.15, 0.2) is 24.3 Å². The number of halogens is 1. The van der Waals surface area contributed by atoms with Gasteiger partial charge in [0.15, 0.2) is 0 Å². The fraction of sp³-hybridized carbons (Fsp3) is 0.588. The minimum Gasteiger partial charge on any atom is -0.378 e. The molecule has 3 nitrogen and oxygen atoms in total. The highest BCUT2D eigenvalue weighted by Crippen LogP contribution is 2.17. The summed E-state index contributed by atoms with van der Waals surface area (Å²) in [5.74, 6) is 1.66. The van der Waals surface area contributed by atoms with Crippen LogP contribution in [0, 0.1) is 5.82 Å². The second kappa shape index (κ2) is 9.16. The molecule has 0 unspecified atom stereocenters. The Bertz CT molecular complexity index is 458. The van der Waals surface area contributed by atoms with Crippen LogP contribution in [0.1, 0.15) is 31.7 Å². The van der Waals surface area contributed by atoms with E-state index in [2.05, 4.69) is 0 Å². The van der Waals surface area contributed by atoms with Crippen LogP contribution in [0.3, 0.4) is 0 Å². The molecule has 1 heterocycles. The van der Waals surface area contributed by atoms with Gasteiger partial charge in [-0.25, -0.2) is 4.39 Å². The van der Waals surface area contributed by atoms with Gasteiger partial charge >= 0.3 is 0 Å². The SMILES string of the molecule is CCOC1CCN(C(=O)CCSCc2ccc(F)cc2)CC1. The van der Waals surface area contributed by atoms with Gasteiger partial charge in [0.1, 0.15) is 5.82 Å². The van der Waals surface area contributed by atoms with E-state index in [4.69, 9.17) is 4.74 Å². The lowest BCUT2D eigenvalue weighted by atomic mass is 10.1. The molecule has 0 N–H and O–H groups in total. The summed E-state index contributed by atoms with van der Waals surface area (Å²) in [5, 5.41) is 0. The van der Waals surface area contributed by atoms with E-state index in [1.165, 1.54) is 12.1 Å². The number of hydrogen-bond donors (Lipinski definition) is 0. The zero-order chi connectivity index (χ0) is 15.8. The van der Waals surface area contributed by atoms with Crippen molar-refractivity contribution in [1.29, 1.82) is 0 Å². The molecule has 0 atom stereocenters. The van der Waals surface area contributed by atoms with Crippen molar-refractivity contribution in [3.63, 3.8) is 0 Å². The van der Waals surface area contributed by atoms with Crippen LogP contribution in [0.4, 0.5) is 4.39 Å². The average molecular weight is 325 g/mol. The predicted molar refractivity (Wildman–Crippen MR) is 88.4 cm³/mol. The van der Waals surface area contributed by atoms with Gasteiger partial charge in [0.05, 0.1) is 6.10 Å². The van der Waals surface area contributed by atoms with Crippen molar-refractivity contribution in [2.75, 3.05) is 25.4 Å². The molecule has 1 aromatic carbocycles. The molecule has 0 aromatic heterocycles. The Morgan fingerprint density at radius 2 is 2.00 bits per heavy atom. The lowest BCUT2D eigenvalue weighted by Gasteiger charge is -2.31. The first-order valence-corrected chi connectivity index (χ1v) is 9.06. The van der Waals surface area contributed by atoms with Crippen LogP contribution in [0.5, 0.6) is 0 Å². The number of ether oxygens (including phenoxy) is 1. The van der Waals surface area contributed by atoms with Gasteiger partial charge in [-0.15, -0.1) is 0 Å². The van der Waals surface area contributed by atoms with Crippen molar-refractivity contribution in [2.24, 2.45) is 0 Å². The molecule has 5 heteroatoms. The Morgan fingerprint density at radius 1 is 1.32 bits per heavy atom. The van der Waals surface area contributed by atoms with Crippen molar-refractivity contribution in [3.8, 4) is 0 Å². The molecule has 1 fully saturated rings. The van der Waals surface area contributed by atoms with Crippen LogP contribution in [0.25, 0.3) is 0 Å². The number of piperidine rings is 1. The molecule has 1 aliphatic heterocycles. The zero-order valence-electron chi connectivity index (χ0n) is 13.1. The summed E-state index contributed by atoms with van der Waals surface area (Å²) in [6.07, 6.45) is 2.79. The van der Waals surface area contributed by atoms with E-state index in [9.17, 15) is 9.18 Å². The van der Waals surface area contributed by atoms with E-state index in [0.717, 1.165) is 49.6 Å². The fourth-order valence-electron chi connectivity index (χ4n) is 2.60. The van der Waals surface area contributed by atoms with Gasteiger partial charge in [-0.1, -0.05) is 12.1 Å². The van der Waals surface area contributed by atoms with Crippen LogP contribution in [-0.4, -0.2) is 42.4 Å². The second-order valence-electron chi connectivity index (χ2n) is 5.46. The molecule has 0 aliphatic carbocycles. The molecule has 0 saturated carbocycles. The van der Waals surface area contributed by atoms with E-state index in [1.54, 1.807) is 23.9 Å². The van der Waals surface area contributed by atoms with Crippen LogP contribution < -0.4 is 0 Å². The van der Waals surface area contributed by atoms with E-state index in [1.807, 2.05) is 11.8 Å². The van der Waals surface area contributed by atoms with Gasteiger partial charge in [0.25, 0.3) is 0 Å². The number of carbonyl (C=O) groups is 1. The van der Waals surface area contributed by atoms with E-state index in [-0.39, 0.29) is 11.7 Å². The largest absolute Gasteiger partial charge is 0.378 e. The smallest absolute Gasteiger partial charge is 0.223 e. The lowest BCUT2D eigenvalue weighted by molar-refractivity contribution is -0.133. The van der Waals surface area contributed by atoms with Gasteiger partial charge in [-0.3, -0.25) is 4.79 Å². The summed E-state index contributed by atoms with van der Waals surface area (Å²) in [5.41, 5.74) is 1.09. The molecular formula is C17H24FNO2S. The van der Waals surface area contributed by atoms with Gasteiger partial charge in [0.2, 0.25) is 5.91 Å². The van der Waals surface area contributed by atoms with Gasteiger partial charge in [-0.2, -0.15) is 11.8 Å². The Morgan fingerprint density at radius 3 is 2.64 bits per heavy atom. The number of thioether (sulfide) groups is 1. The van der Waals surface area contributed by atoms with Crippen molar-refractivity contribution in [1.82, 2.24) is 4.90 Å². The first-order valence-electron chi connectivity index (χ1n) is 7.90. The molecule has 1 aliphatic rings. The highest BCUT2D eigenvalue weighted by atomic mass is 32.2. The molecule has 122 valence electrons. The topological polar surface area (TPSA) is 29.5 Å². The maximum absolute atomic E-state index is 12.8. The van der Waals surface area contributed by atoms with Crippen molar-refractivity contribution in [3.05, 3.63) is 35.6 Å². The molecular weight excluding hydrogens is 301 g/mol. The van der Waals surface area contributed by atoms with Crippen molar-refractivity contribution < 1.29 is 13.9 Å². The van der Waals surface area contributed by atoms with E-state index < -0.39 is 0 Å². The maximum atomic E-state index is 12.8. The second-order valence-corrected chi connectivity index (χ2v) is 6.57. The Labute approximate surface area is 136 Å². The van der Waals surface area contributed by atoms with Gasteiger partial charge in [0, 0.05) is 37.6 Å². The summed E-state index contributed by atoms with van der Waals surface area (Å²) in [6, 6.07) is 6.54. The molecule has 0 radical (unpaired) electrons. The Hall–Kier alpha value is -1.07. The summed E-state index contributed by atoms with van der Waals surface area (Å²) < 4.78 is 18.4. The number of amides is 1. The molecule has 1 saturated heterocycles. The fourth-order valence-corrected chi connectivity index (χ4v) is 3.49. The molecule has 1 amide bonds. The highest BCUT2D eigenvalue weighted by molar-refractivity contribution is 7.98. The third-order valence-corrected chi connectivity index (χ3v) is 4.87. The standard InChI is InChI=1S/C17H24FNO2S/c1-2-21-16-7-10-19(11-8-16)17(20)9-12-22-13-14-3-5-15(18)6-4-14/h3-6,16H,2,7-13H2,1H3. The molecule has 22 heavy (non-hydrogen) atoms. The first kappa shape index (κ1) is 17.3. The van der Waals surface area contributed by atoms with E-state index >= 15 is 0 Å². The molecule has 0 bridgehead atoms. The summed E-state index contributed by atoms with van der Waals surface area (Å²) >= 11 is 1.72. The van der Waals surface area contributed by atoms with Crippen LogP contribution >= 0.6 is 11.8 Å². The quantitative estimate of drug-likeness (QED) is 0.719. The highest BCUT2D eigenvalue weighted by Gasteiger charge is 2.22. The maximum Gasteiger partial charge on any atom is 0.223 e. The van der Waals surface area contributed by atoms with E-state index in [0.29, 0.717) is 12.5 Å². The predicted octanol–water partition coefficient (Wildman–Crippen LogP) is 3.48. The third kappa shape index (κ3) is 5.61. The normalized spacial score (nSPS) is 16.0. The molecule has 2 rings (SSSR count). The average Bonchev–Trinajstić information content (AvgIpc) is 2.54.